The highest BCUT2D eigenvalue weighted by Gasteiger charge is 2.49. The Kier molecular flexibility index (Phi) is 3.57. The molecule has 1 N–H and O–H groups in total. The largest absolute Gasteiger partial charge is 0.349 e. The first kappa shape index (κ1) is 13.7. The standard InChI is InChI=1S/C18H25NO/c1-13(2)14-8-10-18(11-9-14)12-16(20)19-17(18)15-6-4-3-5-7-15/h3-7,13-14,17H,8-12H2,1-2H3,(H,19,20). The van der Waals surface area contributed by atoms with Crippen molar-refractivity contribution in [1.29, 1.82) is 0 Å². The van der Waals surface area contributed by atoms with E-state index in [1.807, 2.05) is 6.07 Å². The van der Waals surface area contributed by atoms with Crippen LogP contribution in [0, 0.1) is 17.3 Å². The molecule has 2 fully saturated rings. The van der Waals surface area contributed by atoms with Crippen LogP contribution in [-0.2, 0) is 4.79 Å². The zero-order chi connectivity index (χ0) is 14.2. The summed E-state index contributed by atoms with van der Waals surface area (Å²) >= 11 is 0. The number of carbonyl (C=O) groups is 1. The van der Waals surface area contributed by atoms with Crippen LogP contribution in [0.3, 0.4) is 0 Å². The lowest BCUT2D eigenvalue weighted by atomic mass is 9.63. The van der Waals surface area contributed by atoms with Crippen LogP contribution in [0.25, 0.3) is 0 Å². The van der Waals surface area contributed by atoms with Crippen molar-refractivity contribution in [3.8, 4) is 0 Å². The van der Waals surface area contributed by atoms with Crippen molar-refractivity contribution in [2.45, 2.75) is 52.0 Å². The van der Waals surface area contributed by atoms with Gasteiger partial charge in [0.15, 0.2) is 0 Å². The molecular weight excluding hydrogens is 246 g/mol. The molecule has 1 saturated heterocycles. The van der Waals surface area contributed by atoms with Crippen molar-refractivity contribution in [3.63, 3.8) is 0 Å². The first-order valence-electron chi connectivity index (χ1n) is 7.95. The smallest absolute Gasteiger partial charge is 0.221 e. The van der Waals surface area contributed by atoms with Gasteiger partial charge in [-0.25, -0.2) is 0 Å². The highest BCUT2D eigenvalue weighted by molar-refractivity contribution is 5.80. The molecule has 1 unspecified atom stereocenters. The highest BCUT2D eigenvalue weighted by atomic mass is 16.2. The molecule has 20 heavy (non-hydrogen) atoms. The second-order valence-electron chi connectivity index (χ2n) is 7.03. The molecular formula is C18H25NO. The van der Waals surface area contributed by atoms with Crippen molar-refractivity contribution in [1.82, 2.24) is 5.32 Å². The first-order valence-corrected chi connectivity index (χ1v) is 7.95. The van der Waals surface area contributed by atoms with E-state index in [2.05, 4.69) is 43.4 Å². The van der Waals surface area contributed by atoms with E-state index in [-0.39, 0.29) is 17.4 Å². The Balaban J connectivity index is 1.82. The molecule has 1 atom stereocenters. The molecule has 1 aromatic rings. The lowest BCUT2D eigenvalue weighted by Crippen LogP contribution is -2.34. The number of hydrogen-bond acceptors (Lipinski definition) is 1. The normalized spacial score (nSPS) is 33.6. The molecule has 0 aromatic heterocycles. The summed E-state index contributed by atoms with van der Waals surface area (Å²) in [6.45, 7) is 4.66. The fourth-order valence-corrected chi connectivity index (χ4v) is 4.22. The van der Waals surface area contributed by atoms with Crippen molar-refractivity contribution in [3.05, 3.63) is 35.9 Å². The zero-order valence-corrected chi connectivity index (χ0v) is 12.6. The van der Waals surface area contributed by atoms with Crippen LogP contribution in [0.4, 0.5) is 0 Å². The summed E-state index contributed by atoms with van der Waals surface area (Å²) in [7, 11) is 0. The third-order valence-corrected chi connectivity index (χ3v) is 5.53. The summed E-state index contributed by atoms with van der Waals surface area (Å²) in [5, 5.41) is 3.24. The van der Waals surface area contributed by atoms with Gasteiger partial charge in [-0.3, -0.25) is 4.79 Å². The maximum atomic E-state index is 12.0. The average Bonchev–Trinajstić information content (AvgIpc) is 2.77. The van der Waals surface area contributed by atoms with E-state index in [1.54, 1.807) is 0 Å². The van der Waals surface area contributed by atoms with Crippen molar-refractivity contribution < 1.29 is 4.79 Å². The number of nitrogens with one attached hydrogen (secondary N) is 1. The second kappa shape index (κ2) is 5.23. The van der Waals surface area contributed by atoms with Crippen LogP contribution in [0.15, 0.2) is 30.3 Å². The molecule has 2 aliphatic rings. The van der Waals surface area contributed by atoms with Gasteiger partial charge in [-0.15, -0.1) is 0 Å². The van der Waals surface area contributed by atoms with E-state index in [9.17, 15) is 4.79 Å². The molecule has 1 aliphatic heterocycles. The third kappa shape index (κ3) is 2.36. The van der Waals surface area contributed by atoms with Gasteiger partial charge >= 0.3 is 0 Å². The Morgan fingerprint density at radius 3 is 2.40 bits per heavy atom. The minimum Gasteiger partial charge on any atom is -0.349 e. The van der Waals surface area contributed by atoms with Gasteiger partial charge in [0.25, 0.3) is 0 Å². The number of carbonyl (C=O) groups excluding carboxylic acids is 1. The van der Waals surface area contributed by atoms with E-state index in [0.29, 0.717) is 0 Å². The third-order valence-electron chi connectivity index (χ3n) is 5.53. The summed E-state index contributed by atoms with van der Waals surface area (Å²) in [5.41, 5.74) is 1.45. The Morgan fingerprint density at radius 1 is 1.15 bits per heavy atom. The molecule has 2 heteroatoms. The second-order valence-corrected chi connectivity index (χ2v) is 7.03. The molecule has 1 aliphatic carbocycles. The van der Waals surface area contributed by atoms with Crippen LogP contribution in [-0.4, -0.2) is 5.91 Å². The van der Waals surface area contributed by atoms with Gasteiger partial charge in [-0.1, -0.05) is 44.2 Å². The van der Waals surface area contributed by atoms with Gasteiger partial charge in [-0.05, 0) is 43.1 Å². The zero-order valence-electron chi connectivity index (χ0n) is 12.6. The van der Waals surface area contributed by atoms with Crippen LogP contribution in [0.2, 0.25) is 0 Å². The summed E-state index contributed by atoms with van der Waals surface area (Å²) in [6.07, 6.45) is 5.64. The SMILES string of the molecule is CC(C)C1CCC2(CC1)CC(=O)NC2c1ccccc1. The Morgan fingerprint density at radius 2 is 1.80 bits per heavy atom. The number of rotatable bonds is 2. The number of benzene rings is 1. The van der Waals surface area contributed by atoms with Crippen LogP contribution in [0.1, 0.15) is 57.6 Å². The van der Waals surface area contributed by atoms with E-state index >= 15 is 0 Å². The van der Waals surface area contributed by atoms with Gasteiger partial charge in [0.1, 0.15) is 0 Å². The fraction of sp³-hybridized carbons (Fsp3) is 0.611. The minimum absolute atomic E-state index is 0.170. The topological polar surface area (TPSA) is 29.1 Å². The van der Waals surface area contributed by atoms with Gasteiger partial charge < -0.3 is 5.32 Å². The highest BCUT2D eigenvalue weighted by Crippen LogP contribution is 2.53. The molecule has 1 heterocycles. The maximum absolute atomic E-state index is 12.0. The first-order chi connectivity index (χ1) is 9.61. The quantitative estimate of drug-likeness (QED) is 0.862. The summed E-state index contributed by atoms with van der Waals surface area (Å²) in [4.78, 5) is 12.0. The lowest BCUT2D eigenvalue weighted by molar-refractivity contribution is -0.120. The number of hydrogen-bond donors (Lipinski definition) is 1. The number of amides is 1. The minimum atomic E-state index is 0.170. The summed E-state index contributed by atoms with van der Waals surface area (Å²) < 4.78 is 0. The average molecular weight is 271 g/mol. The van der Waals surface area contributed by atoms with Gasteiger partial charge in [0, 0.05) is 11.8 Å². The summed E-state index contributed by atoms with van der Waals surface area (Å²) in [5.74, 6) is 1.85. The maximum Gasteiger partial charge on any atom is 0.221 e. The van der Waals surface area contributed by atoms with Crippen LogP contribution < -0.4 is 5.32 Å². The van der Waals surface area contributed by atoms with Gasteiger partial charge in [-0.2, -0.15) is 0 Å². The van der Waals surface area contributed by atoms with E-state index in [0.717, 1.165) is 18.3 Å². The van der Waals surface area contributed by atoms with E-state index in [4.69, 9.17) is 0 Å². The van der Waals surface area contributed by atoms with E-state index < -0.39 is 0 Å². The van der Waals surface area contributed by atoms with Crippen molar-refractivity contribution in [2.24, 2.45) is 17.3 Å². The molecule has 2 nitrogen and oxygen atoms in total. The Labute approximate surface area is 122 Å². The Bertz CT molecular complexity index is 471. The lowest BCUT2D eigenvalue weighted by Gasteiger charge is -2.41. The van der Waals surface area contributed by atoms with E-state index in [1.165, 1.54) is 31.2 Å². The van der Waals surface area contributed by atoms with Crippen LogP contribution in [0.5, 0.6) is 0 Å². The molecule has 1 saturated carbocycles. The molecule has 1 aromatic carbocycles. The van der Waals surface area contributed by atoms with Crippen LogP contribution >= 0.6 is 0 Å². The Hall–Kier alpha value is -1.31. The molecule has 0 bridgehead atoms. The van der Waals surface area contributed by atoms with Gasteiger partial charge in [0.05, 0.1) is 6.04 Å². The van der Waals surface area contributed by atoms with Gasteiger partial charge in [0.2, 0.25) is 5.91 Å². The summed E-state index contributed by atoms with van der Waals surface area (Å²) in [6, 6.07) is 10.7. The molecule has 0 radical (unpaired) electrons. The molecule has 3 rings (SSSR count). The fourth-order valence-electron chi connectivity index (χ4n) is 4.22. The predicted octanol–water partition coefficient (Wildman–Crippen LogP) is 4.08. The van der Waals surface area contributed by atoms with Crippen molar-refractivity contribution in [2.75, 3.05) is 0 Å². The molecule has 1 amide bonds. The monoisotopic (exact) mass is 271 g/mol. The predicted molar refractivity (Wildman–Crippen MR) is 81.2 cm³/mol. The van der Waals surface area contributed by atoms with Crippen molar-refractivity contribution >= 4 is 5.91 Å². The molecule has 108 valence electrons. The molecule has 1 spiro atoms.